The predicted molar refractivity (Wildman–Crippen MR) is 130 cm³/mol. The summed E-state index contributed by atoms with van der Waals surface area (Å²) in [7, 11) is -3.87. The second kappa shape index (κ2) is 8.73. The van der Waals surface area contributed by atoms with Gasteiger partial charge in [-0.15, -0.1) is 0 Å². The van der Waals surface area contributed by atoms with E-state index >= 15 is 0 Å². The van der Waals surface area contributed by atoms with Gasteiger partial charge in [0.05, 0.1) is 10.6 Å². The van der Waals surface area contributed by atoms with Gasteiger partial charge in [0.2, 0.25) is 0 Å². The summed E-state index contributed by atoms with van der Waals surface area (Å²) in [6.07, 6.45) is 1.46. The zero-order valence-electron chi connectivity index (χ0n) is 17.4. The van der Waals surface area contributed by atoms with Crippen LogP contribution in [-0.4, -0.2) is 17.6 Å². The molecule has 0 aliphatic heterocycles. The molecule has 0 radical (unpaired) electrons. The van der Waals surface area contributed by atoms with Gasteiger partial charge in [-0.2, -0.15) is 17.6 Å². The number of fused-ring (bicyclic) bond motifs is 1. The van der Waals surface area contributed by atoms with Crippen molar-refractivity contribution in [2.45, 2.75) is 11.5 Å². The highest BCUT2D eigenvalue weighted by atomic mass is 35.5. The average Bonchev–Trinajstić information content (AvgIpc) is 3.35. The van der Waals surface area contributed by atoms with Crippen molar-refractivity contribution in [2.75, 3.05) is 0 Å². The number of aromatic nitrogens is 2. The third kappa shape index (κ3) is 4.23. The van der Waals surface area contributed by atoms with Crippen LogP contribution in [0.4, 0.5) is 0 Å². The number of halogens is 1. The lowest BCUT2D eigenvalue weighted by atomic mass is 10.1. The summed E-state index contributed by atoms with van der Waals surface area (Å²) >= 11 is 5.95. The summed E-state index contributed by atoms with van der Waals surface area (Å²) in [5.41, 5.74) is 2.18. The van der Waals surface area contributed by atoms with Gasteiger partial charge >= 0.3 is 0 Å². The Hall–Kier alpha value is -3.61. The zero-order chi connectivity index (χ0) is 22.8. The first-order valence-corrected chi connectivity index (χ1v) is 12.1. The molecule has 5 nitrogen and oxygen atoms in total. The molecule has 0 saturated carbocycles. The first-order valence-electron chi connectivity index (χ1n) is 10.3. The van der Waals surface area contributed by atoms with Gasteiger partial charge in [-0.1, -0.05) is 72.3 Å². The van der Waals surface area contributed by atoms with Crippen molar-refractivity contribution in [2.24, 2.45) is 0 Å². The summed E-state index contributed by atoms with van der Waals surface area (Å²) in [4.78, 5) is 0.211. The Morgan fingerprint density at radius 1 is 0.818 bits per heavy atom. The quantitative estimate of drug-likeness (QED) is 0.295. The van der Waals surface area contributed by atoms with E-state index < -0.39 is 10.0 Å². The first kappa shape index (κ1) is 21.2. The van der Waals surface area contributed by atoms with E-state index in [2.05, 4.69) is 5.10 Å². The van der Waals surface area contributed by atoms with Crippen molar-refractivity contribution in [1.29, 1.82) is 0 Å². The molecule has 5 aromatic rings. The lowest BCUT2D eigenvalue weighted by Gasteiger charge is -2.11. The van der Waals surface area contributed by atoms with Crippen LogP contribution in [0.15, 0.2) is 108 Å². The van der Waals surface area contributed by atoms with Crippen LogP contribution in [0, 0.1) is 0 Å². The summed E-state index contributed by atoms with van der Waals surface area (Å²) in [6.45, 7) is 0.350. The molecular weight excluding hydrogens is 456 g/mol. The fraction of sp³-hybridized carbons (Fsp3) is 0.0385. The molecule has 0 N–H and O–H groups in total. The van der Waals surface area contributed by atoms with Crippen molar-refractivity contribution < 1.29 is 13.2 Å². The molecule has 0 aliphatic rings. The van der Waals surface area contributed by atoms with Crippen molar-refractivity contribution in [3.8, 4) is 17.0 Å². The Balaban J connectivity index is 1.47. The molecule has 0 aliphatic carbocycles. The largest absolute Gasteiger partial charge is 0.488 e. The second-order valence-electron chi connectivity index (χ2n) is 7.47. The number of nitrogens with zero attached hydrogens (tertiary/aromatic N) is 2. The SMILES string of the molecule is O=S(=O)(c1cccc2ccccc12)n1ccc(-c2ccccc2OCc2ccc(Cl)cc2)n1. The maximum absolute atomic E-state index is 13.4. The number of hydrogen-bond donors (Lipinski definition) is 0. The van der Waals surface area contributed by atoms with E-state index in [1.807, 2.05) is 72.8 Å². The van der Waals surface area contributed by atoms with Crippen LogP contribution in [-0.2, 0) is 16.6 Å². The molecule has 0 bridgehead atoms. The number of ether oxygens (including phenoxy) is 1. The van der Waals surface area contributed by atoms with Gasteiger partial charge < -0.3 is 4.74 Å². The molecule has 4 aromatic carbocycles. The van der Waals surface area contributed by atoms with E-state index in [0.717, 1.165) is 15.0 Å². The number of benzene rings is 4. The first-order chi connectivity index (χ1) is 16.0. The van der Waals surface area contributed by atoms with E-state index in [-0.39, 0.29) is 4.90 Å². The highest BCUT2D eigenvalue weighted by Crippen LogP contribution is 2.31. The van der Waals surface area contributed by atoms with Gasteiger partial charge in [0.25, 0.3) is 10.0 Å². The van der Waals surface area contributed by atoms with Gasteiger partial charge in [0.1, 0.15) is 12.4 Å². The third-order valence-corrected chi connectivity index (χ3v) is 7.17. The minimum Gasteiger partial charge on any atom is -0.488 e. The molecule has 7 heteroatoms. The van der Waals surface area contributed by atoms with E-state index in [1.165, 1.54) is 6.20 Å². The smallest absolute Gasteiger partial charge is 0.283 e. The number of hydrogen-bond acceptors (Lipinski definition) is 4. The highest BCUT2D eigenvalue weighted by molar-refractivity contribution is 7.90. The van der Waals surface area contributed by atoms with Crippen LogP contribution in [0.2, 0.25) is 5.02 Å². The highest BCUT2D eigenvalue weighted by Gasteiger charge is 2.21. The fourth-order valence-corrected chi connectivity index (χ4v) is 5.11. The molecule has 0 fully saturated rings. The van der Waals surface area contributed by atoms with Gasteiger partial charge in [0, 0.05) is 22.2 Å². The van der Waals surface area contributed by atoms with Gasteiger partial charge in [-0.25, -0.2) is 0 Å². The molecule has 0 unspecified atom stereocenters. The molecule has 33 heavy (non-hydrogen) atoms. The van der Waals surface area contributed by atoms with E-state index in [1.54, 1.807) is 24.3 Å². The van der Waals surface area contributed by atoms with Crippen LogP contribution in [0.5, 0.6) is 5.75 Å². The van der Waals surface area contributed by atoms with Crippen molar-refractivity contribution in [3.63, 3.8) is 0 Å². The Bertz CT molecular complexity index is 1540. The van der Waals surface area contributed by atoms with Crippen LogP contribution in [0.25, 0.3) is 22.0 Å². The molecule has 0 amide bonds. The Labute approximate surface area is 196 Å². The van der Waals surface area contributed by atoms with Crippen LogP contribution in [0.1, 0.15) is 5.56 Å². The summed E-state index contributed by atoms with van der Waals surface area (Å²) in [5, 5.41) is 6.57. The zero-order valence-corrected chi connectivity index (χ0v) is 19.0. The Morgan fingerprint density at radius 2 is 1.55 bits per heavy atom. The lowest BCUT2D eigenvalue weighted by Crippen LogP contribution is -2.14. The Kier molecular flexibility index (Phi) is 5.62. The normalized spacial score (nSPS) is 11.5. The van der Waals surface area contributed by atoms with Gasteiger partial charge in [0.15, 0.2) is 0 Å². The van der Waals surface area contributed by atoms with E-state index in [0.29, 0.717) is 34.0 Å². The minimum absolute atomic E-state index is 0.211. The van der Waals surface area contributed by atoms with E-state index in [9.17, 15) is 8.42 Å². The molecule has 0 saturated heterocycles. The molecule has 1 heterocycles. The summed E-state index contributed by atoms with van der Waals surface area (Å²) in [6, 6.07) is 29.1. The maximum atomic E-state index is 13.4. The van der Waals surface area contributed by atoms with Crippen molar-refractivity contribution in [1.82, 2.24) is 9.19 Å². The molecule has 0 atom stereocenters. The summed E-state index contributed by atoms with van der Waals surface area (Å²) < 4.78 is 33.8. The molecule has 164 valence electrons. The topological polar surface area (TPSA) is 61.2 Å². The maximum Gasteiger partial charge on any atom is 0.283 e. The molecule has 5 rings (SSSR count). The molecule has 1 aromatic heterocycles. The van der Waals surface area contributed by atoms with Gasteiger partial charge in [-0.3, -0.25) is 0 Å². The number of para-hydroxylation sites is 1. The van der Waals surface area contributed by atoms with Crippen molar-refractivity contribution >= 4 is 32.4 Å². The van der Waals surface area contributed by atoms with Crippen molar-refractivity contribution in [3.05, 3.63) is 114 Å². The standard InChI is InChI=1S/C26H19ClN2O3S/c27-21-14-12-19(13-15-21)18-32-25-10-4-3-9-23(25)24-16-17-29(28-24)33(30,31)26-11-5-7-20-6-1-2-8-22(20)26/h1-17H,18H2. The van der Waals surface area contributed by atoms with Crippen LogP contribution in [0.3, 0.4) is 0 Å². The van der Waals surface area contributed by atoms with E-state index in [4.69, 9.17) is 16.3 Å². The number of rotatable bonds is 6. The molecular formula is C26H19ClN2O3S. The predicted octanol–water partition coefficient (Wildman–Crippen LogP) is 6.17. The average molecular weight is 475 g/mol. The molecule has 0 spiro atoms. The fourth-order valence-electron chi connectivity index (χ4n) is 3.65. The minimum atomic E-state index is -3.87. The Morgan fingerprint density at radius 3 is 2.39 bits per heavy atom. The lowest BCUT2D eigenvalue weighted by molar-refractivity contribution is 0.307. The van der Waals surface area contributed by atoms with Gasteiger partial charge in [-0.05, 0) is 47.3 Å². The monoisotopic (exact) mass is 474 g/mol. The summed E-state index contributed by atoms with van der Waals surface area (Å²) in [5.74, 6) is 0.611. The van der Waals surface area contributed by atoms with Crippen LogP contribution < -0.4 is 4.74 Å². The third-order valence-electron chi connectivity index (χ3n) is 5.31. The van der Waals surface area contributed by atoms with Crippen LogP contribution >= 0.6 is 11.6 Å². The second-order valence-corrected chi connectivity index (χ2v) is 9.67.